The van der Waals surface area contributed by atoms with Gasteiger partial charge in [-0.15, -0.1) is 11.8 Å². The van der Waals surface area contributed by atoms with E-state index in [1.54, 1.807) is 13.0 Å². The zero-order chi connectivity index (χ0) is 17.9. The minimum absolute atomic E-state index is 0.0809. The van der Waals surface area contributed by atoms with Crippen LogP contribution in [0.3, 0.4) is 0 Å². The fraction of sp³-hybridized carbons (Fsp3) is 0.278. The van der Waals surface area contributed by atoms with Crippen molar-refractivity contribution < 1.29 is 9.72 Å². The van der Waals surface area contributed by atoms with Crippen LogP contribution in [-0.2, 0) is 4.79 Å². The Balaban J connectivity index is 2.11. The lowest BCUT2D eigenvalue weighted by atomic mass is 10.1. The van der Waals surface area contributed by atoms with E-state index in [4.69, 9.17) is 0 Å². The summed E-state index contributed by atoms with van der Waals surface area (Å²) < 4.78 is 0. The van der Waals surface area contributed by atoms with Crippen LogP contribution >= 0.6 is 11.8 Å². The molecule has 0 aliphatic carbocycles. The molecule has 1 amide bonds. The maximum absolute atomic E-state index is 12.2. The predicted octanol–water partition coefficient (Wildman–Crippen LogP) is 4.56. The van der Waals surface area contributed by atoms with Crippen molar-refractivity contribution in [3.05, 3.63) is 62.7 Å². The van der Waals surface area contributed by atoms with Crippen LogP contribution < -0.4 is 5.32 Å². The third-order valence-electron chi connectivity index (χ3n) is 4.02. The zero-order valence-corrected chi connectivity index (χ0v) is 15.0. The van der Waals surface area contributed by atoms with E-state index in [9.17, 15) is 14.9 Å². The topological polar surface area (TPSA) is 72.2 Å². The molecule has 0 spiro atoms. The van der Waals surface area contributed by atoms with E-state index < -0.39 is 4.92 Å². The number of hydrogen-bond donors (Lipinski definition) is 1. The van der Waals surface area contributed by atoms with Crippen LogP contribution in [0, 0.1) is 37.8 Å². The molecule has 6 heteroatoms. The van der Waals surface area contributed by atoms with E-state index >= 15 is 0 Å². The number of nitrogens with one attached hydrogen (secondary N) is 1. The Morgan fingerprint density at radius 1 is 1.08 bits per heavy atom. The molecule has 1 N–H and O–H groups in total. The van der Waals surface area contributed by atoms with Crippen LogP contribution in [0.5, 0.6) is 0 Å². The molecule has 0 saturated carbocycles. The lowest BCUT2D eigenvalue weighted by Gasteiger charge is -2.11. The standard InChI is InChI=1S/C18H20N2O3S/c1-11-5-7-15(9-13(11)3)24-10-17(21)19-18-14(4)12(2)6-8-16(18)20(22)23/h5-9H,10H2,1-4H3,(H,19,21). The molecular weight excluding hydrogens is 324 g/mol. The highest BCUT2D eigenvalue weighted by Crippen LogP contribution is 2.30. The first kappa shape index (κ1) is 18.0. The molecule has 0 aliphatic heterocycles. The number of rotatable bonds is 5. The van der Waals surface area contributed by atoms with Crippen molar-refractivity contribution in [2.75, 3.05) is 11.1 Å². The number of carbonyl (C=O) groups is 1. The number of nitro groups is 1. The second kappa shape index (κ2) is 7.49. The van der Waals surface area contributed by atoms with Crippen molar-refractivity contribution in [3.8, 4) is 0 Å². The van der Waals surface area contributed by atoms with E-state index in [2.05, 4.69) is 5.32 Å². The van der Waals surface area contributed by atoms with Gasteiger partial charge in [0.15, 0.2) is 0 Å². The van der Waals surface area contributed by atoms with Crippen LogP contribution in [0.1, 0.15) is 22.3 Å². The molecule has 2 aromatic rings. The minimum atomic E-state index is -0.474. The molecule has 126 valence electrons. The fourth-order valence-corrected chi connectivity index (χ4v) is 3.03. The van der Waals surface area contributed by atoms with Crippen LogP contribution in [0.15, 0.2) is 35.2 Å². The number of anilines is 1. The quantitative estimate of drug-likeness (QED) is 0.490. The summed E-state index contributed by atoms with van der Waals surface area (Å²) in [5, 5.41) is 13.9. The summed E-state index contributed by atoms with van der Waals surface area (Å²) in [6.07, 6.45) is 0. The molecule has 2 rings (SSSR count). The lowest BCUT2D eigenvalue weighted by Crippen LogP contribution is -2.16. The maximum atomic E-state index is 12.2. The normalized spacial score (nSPS) is 10.5. The summed E-state index contributed by atoms with van der Waals surface area (Å²) in [7, 11) is 0. The van der Waals surface area contributed by atoms with E-state index in [0.29, 0.717) is 5.56 Å². The molecule has 0 fully saturated rings. The number of nitro benzene ring substituents is 1. The van der Waals surface area contributed by atoms with Crippen molar-refractivity contribution in [3.63, 3.8) is 0 Å². The summed E-state index contributed by atoms with van der Waals surface area (Å²) in [5.74, 6) is -0.0532. The summed E-state index contributed by atoms with van der Waals surface area (Å²) >= 11 is 1.41. The van der Waals surface area contributed by atoms with Gasteiger partial charge < -0.3 is 5.32 Å². The summed E-state index contributed by atoms with van der Waals surface area (Å²) in [4.78, 5) is 23.9. The van der Waals surface area contributed by atoms with Gasteiger partial charge in [-0.2, -0.15) is 0 Å². The van der Waals surface area contributed by atoms with Gasteiger partial charge >= 0.3 is 0 Å². The fourth-order valence-electron chi connectivity index (χ4n) is 2.24. The van der Waals surface area contributed by atoms with E-state index in [1.165, 1.54) is 29.0 Å². The number of nitrogens with zero attached hydrogens (tertiary/aromatic N) is 1. The third kappa shape index (κ3) is 4.14. The minimum Gasteiger partial charge on any atom is -0.319 e. The summed E-state index contributed by atoms with van der Waals surface area (Å²) in [5.41, 5.74) is 4.19. The first-order valence-electron chi connectivity index (χ1n) is 7.54. The molecule has 0 atom stereocenters. The largest absolute Gasteiger partial charge is 0.319 e. The zero-order valence-electron chi connectivity index (χ0n) is 14.2. The van der Waals surface area contributed by atoms with Crippen LogP contribution in [0.25, 0.3) is 0 Å². The summed E-state index contributed by atoms with van der Waals surface area (Å²) in [6, 6.07) is 9.14. The third-order valence-corrected chi connectivity index (χ3v) is 5.02. The van der Waals surface area contributed by atoms with Crippen molar-refractivity contribution in [2.24, 2.45) is 0 Å². The second-order valence-electron chi connectivity index (χ2n) is 5.74. The van der Waals surface area contributed by atoms with Crippen molar-refractivity contribution >= 4 is 29.0 Å². The van der Waals surface area contributed by atoms with E-state index in [1.807, 2.05) is 39.0 Å². The van der Waals surface area contributed by atoms with Crippen LogP contribution in [-0.4, -0.2) is 16.6 Å². The van der Waals surface area contributed by atoms with Gasteiger partial charge in [0.2, 0.25) is 5.91 Å². The van der Waals surface area contributed by atoms with Crippen molar-refractivity contribution in [1.82, 2.24) is 0 Å². The van der Waals surface area contributed by atoms with Gasteiger partial charge in [-0.3, -0.25) is 14.9 Å². The Hall–Kier alpha value is -2.34. The smallest absolute Gasteiger partial charge is 0.293 e. The predicted molar refractivity (Wildman–Crippen MR) is 97.8 cm³/mol. The molecule has 5 nitrogen and oxygen atoms in total. The lowest BCUT2D eigenvalue weighted by molar-refractivity contribution is -0.384. The molecule has 0 unspecified atom stereocenters. The van der Waals surface area contributed by atoms with Gasteiger partial charge in [0.1, 0.15) is 5.69 Å². The Morgan fingerprint density at radius 3 is 2.38 bits per heavy atom. The Labute approximate surface area is 145 Å². The first-order chi connectivity index (χ1) is 11.3. The molecule has 0 saturated heterocycles. The van der Waals surface area contributed by atoms with Gasteiger partial charge in [-0.05, 0) is 62.1 Å². The number of carbonyl (C=O) groups excluding carboxylic acids is 1. The SMILES string of the molecule is Cc1ccc(SCC(=O)Nc2c([N+](=O)[O-])ccc(C)c2C)cc1C. The van der Waals surface area contributed by atoms with Gasteiger partial charge in [0.25, 0.3) is 5.69 Å². The number of aryl methyl sites for hydroxylation is 3. The molecule has 0 aliphatic rings. The van der Waals surface area contributed by atoms with Gasteiger partial charge in [-0.1, -0.05) is 12.1 Å². The molecule has 0 bridgehead atoms. The number of thioether (sulfide) groups is 1. The number of benzene rings is 2. The molecular formula is C18H20N2O3S. The van der Waals surface area contributed by atoms with E-state index in [0.717, 1.165) is 10.5 Å². The van der Waals surface area contributed by atoms with Crippen LogP contribution in [0.2, 0.25) is 0 Å². The molecule has 24 heavy (non-hydrogen) atoms. The molecule has 2 aromatic carbocycles. The molecule has 0 radical (unpaired) electrons. The maximum Gasteiger partial charge on any atom is 0.293 e. The molecule has 0 aromatic heterocycles. The monoisotopic (exact) mass is 344 g/mol. The highest BCUT2D eigenvalue weighted by atomic mass is 32.2. The Bertz CT molecular complexity index is 803. The number of hydrogen-bond acceptors (Lipinski definition) is 4. The summed E-state index contributed by atoms with van der Waals surface area (Å²) in [6.45, 7) is 7.70. The average molecular weight is 344 g/mol. The molecule has 0 heterocycles. The van der Waals surface area contributed by atoms with Gasteiger partial charge in [-0.25, -0.2) is 0 Å². The van der Waals surface area contributed by atoms with Crippen molar-refractivity contribution in [1.29, 1.82) is 0 Å². The Morgan fingerprint density at radius 2 is 1.75 bits per heavy atom. The number of amides is 1. The highest BCUT2D eigenvalue weighted by Gasteiger charge is 2.19. The first-order valence-corrected chi connectivity index (χ1v) is 8.52. The van der Waals surface area contributed by atoms with Crippen molar-refractivity contribution in [2.45, 2.75) is 32.6 Å². The average Bonchev–Trinajstić information content (AvgIpc) is 2.53. The Kier molecular flexibility index (Phi) is 5.62. The second-order valence-corrected chi connectivity index (χ2v) is 6.79. The van der Waals surface area contributed by atoms with Crippen LogP contribution in [0.4, 0.5) is 11.4 Å². The van der Waals surface area contributed by atoms with E-state index in [-0.39, 0.29) is 23.0 Å². The highest BCUT2D eigenvalue weighted by molar-refractivity contribution is 8.00. The van der Waals surface area contributed by atoms with Gasteiger partial charge in [0, 0.05) is 11.0 Å². The van der Waals surface area contributed by atoms with Gasteiger partial charge in [0.05, 0.1) is 10.7 Å².